The second-order valence-electron chi connectivity index (χ2n) is 2.14. The van der Waals surface area contributed by atoms with Gasteiger partial charge in [-0.2, -0.15) is 0 Å². The van der Waals surface area contributed by atoms with Gasteiger partial charge >= 0.3 is 0 Å². The summed E-state index contributed by atoms with van der Waals surface area (Å²) < 4.78 is 10.5. The lowest BCUT2D eigenvalue weighted by molar-refractivity contribution is -0.0237. The van der Waals surface area contributed by atoms with Gasteiger partial charge in [0.25, 0.3) is 0 Å². The van der Waals surface area contributed by atoms with Crippen LogP contribution in [0.2, 0.25) is 0 Å². The van der Waals surface area contributed by atoms with Crippen molar-refractivity contribution in [2.24, 2.45) is 0 Å². The minimum atomic E-state index is -0.0695. The molecule has 1 aliphatic rings. The van der Waals surface area contributed by atoms with Crippen molar-refractivity contribution in [2.75, 3.05) is 0 Å². The molecule has 0 N–H and O–H groups in total. The van der Waals surface area contributed by atoms with Crippen molar-refractivity contribution in [3.8, 4) is 0 Å². The van der Waals surface area contributed by atoms with Gasteiger partial charge < -0.3 is 9.47 Å². The first kappa shape index (κ1) is 6.46. The monoisotopic (exact) mass is 128 g/mol. The molecule has 0 spiro atoms. The second kappa shape index (κ2) is 2.29. The van der Waals surface area contributed by atoms with Crippen LogP contribution in [0.25, 0.3) is 0 Å². The van der Waals surface area contributed by atoms with E-state index in [4.69, 9.17) is 9.47 Å². The van der Waals surface area contributed by atoms with E-state index in [1.54, 1.807) is 0 Å². The van der Waals surface area contributed by atoms with Gasteiger partial charge in [0, 0.05) is 13.3 Å². The maximum atomic E-state index is 5.28. The molecule has 52 valence electrons. The molecule has 0 aromatic rings. The number of hydrogen-bond acceptors (Lipinski definition) is 2. The molecule has 1 rings (SSSR count). The Kier molecular flexibility index (Phi) is 1.65. The third-order valence-electron chi connectivity index (χ3n) is 1.36. The summed E-state index contributed by atoms with van der Waals surface area (Å²) in [5.41, 5.74) is 0. The highest BCUT2D eigenvalue weighted by atomic mass is 16.7. The predicted molar refractivity (Wildman–Crippen MR) is 34.6 cm³/mol. The van der Waals surface area contributed by atoms with Crippen LogP contribution < -0.4 is 0 Å². The lowest BCUT2D eigenvalue weighted by atomic mass is 10.3. The first-order chi connectivity index (χ1) is 4.24. The van der Waals surface area contributed by atoms with Crippen LogP contribution in [-0.4, -0.2) is 6.29 Å². The van der Waals surface area contributed by atoms with Gasteiger partial charge in [0.1, 0.15) is 11.5 Å². The zero-order valence-corrected chi connectivity index (χ0v) is 6.10. The van der Waals surface area contributed by atoms with Crippen molar-refractivity contribution in [1.29, 1.82) is 0 Å². The highest BCUT2D eigenvalue weighted by Gasteiger charge is 2.17. The smallest absolute Gasteiger partial charge is 0.237 e. The topological polar surface area (TPSA) is 18.5 Å². The van der Waals surface area contributed by atoms with Crippen LogP contribution >= 0.6 is 0 Å². The van der Waals surface area contributed by atoms with Crippen LogP contribution in [0.5, 0.6) is 0 Å². The highest BCUT2D eigenvalue weighted by Crippen LogP contribution is 2.22. The number of rotatable bonds is 1. The molecule has 0 saturated heterocycles. The van der Waals surface area contributed by atoms with Crippen LogP contribution in [0, 0.1) is 0 Å². The molecular formula is C7H12O2. The predicted octanol–water partition coefficient (Wildman–Crippen LogP) is 2.02. The van der Waals surface area contributed by atoms with E-state index in [1.807, 2.05) is 13.8 Å². The lowest BCUT2D eigenvalue weighted by Crippen LogP contribution is -2.00. The van der Waals surface area contributed by atoms with Crippen LogP contribution in [0.3, 0.4) is 0 Å². The molecule has 1 heterocycles. The Morgan fingerprint density at radius 3 is 2.33 bits per heavy atom. The standard InChI is InChI=1S/C7H12O2/c1-4-7-5(2)8-6(3)9-7/h6H,4H2,1-3H3. The van der Waals surface area contributed by atoms with E-state index >= 15 is 0 Å². The quantitative estimate of drug-likeness (QED) is 0.538. The van der Waals surface area contributed by atoms with Crippen LogP contribution in [-0.2, 0) is 9.47 Å². The van der Waals surface area contributed by atoms with Gasteiger partial charge in [0.05, 0.1) is 0 Å². The molecule has 9 heavy (non-hydrogen) atoms. The molecule has 0 saturated carbocycles. The second-order valence-corrected chi connectivity index (χ2v) is 2.14. The van der Waals surface area contributed by atoms with Crippen LogP contribution in [0.4, 0.5) is 0 Å². The maximum absolute atomic E-state index is 5.28. The summed E-state index contributed by atoms with van der Waals surface area (Å²) in [6.45, 7) is 5.88. The van der Waals surface area contributed by atoms with Gasteiger partial charge in [-0.15, -0.1) is 0 Å². The molecule has 0 fully saturated rings. The van der Waals surface area contributed by atoms with Gasteiger partial charge in [-0.25, -0.2) is 0 Å². The number of allylic oxidation sites excluding steroid dienone is 2. The third kappa shape index (κ3) is 1.18. The molecule has 0 aliphatic carbocycles. The molecule has 1 atom stereocenters. The van der Waals surface area contributed by atoms with Crippen molar-refractivity contribution in [3.63, 3.8) is 0 Å². The summed E-state index contributed by atoms with van der Waals surface area (Å²) >= 11 is 0. The fourth-order valence-corrected chi connectivity index (χ4v) is 0.954. The molecule has 1 unspecified atom stereocenters. The van der Waals surface area contributed by atoms with Gasteiger partial charge in [0.2, 0.25) is 6.29 Å². The molecule has 1 aliphatic heterocycles. The summed E-state index contributed by atoms with van der Waals surface area (Å²) in [6.07, 6.45) is 0.857. The zero-order valence-electron chi connectivity index (χ0n) is 6.10. The summed E-state index contributed by atoms with van der Waals surface area (Å²) in [4.78, 5) is 0. The van der Waals surface area contributed by atoms with Gasteiger partial charge in [-0.1, -0.05) is 6.92 Å². The Bertz CT molecular complexity index is 138. The lowest BCUT2D eigenvalue weighted by Gasteiger charge is -2.02. The fourth-order valence-electron chi connectivity index (χ4n) is 0.954. The largest absolute Gasteiger partial charge is 0.456 e. The Morgan fingerprint density at radius 1 is 1.44 bits per heavy atom. The average molecular weight is 128 g/mol. The molecule has 0 aromatic carbocycles. The average Bonchev–Trinajstić information content (AvgIpc) is 2.10. The molecule has 2 heteroatoms. The molecule has 0 radical (unpaired) electrons. The normalized spacial score (nSPS) is 25.9. The van der Waals surface area contributed by atoms with Gasteiger partial charge in [-0.3, -0.25) is 0 Å². The summed E-state index contributed by atoms with van der Waals surface area (Å²) in [5.74, 6) is 1.92. The first-order valence-electron chi connectivity index (χ1n) is 3.27. The third-order valence-corrected chi connectivity index (χ3v) is 1.36. The number of ether oxygens (including phenoxy) is 2. The van der Waals surface area contributed by atoms with Crippen molar-refractivity contribution in [1.82, 2.24) is 0 Å². The highest BCUT2D eigenvalue weighted by molar-refractivity contribution is 5.01. The van der Waals surface area contributed by atoms with Crippen molar-refractivity contribution in [2.45, 2.75) is 33.5 Å². The van der Waals surface area contributed by atoms with E-state index in [9.17, 15) is 0 Å². The Balaban J connectivity index is 2.58. The fraction of sp³-hybridized carbons (Fsp3) is 0.714. The molecule has 0 bridgehead atoms. The van der Waals surface area contributed by atoms with Crippen LogP contribution in [0.15, 0.2) is 11.5 Å². The summed E-state index contributed by atoms with van der Waals surface area (Å²) in [5, 5.41) is 0. The number of hydrogen-bond donors (Lipinski definition) is 0. The molecule has 0 aromatic heterocycles. The van der Waals surface area contributed by atoms with Crippen molar-refractivity contribution < 1.29 is 9.47 Å². The van der Waals surface area contributed by atoms with Crippen molar-refractivity contribution >= 4 is 0 Å². The van der Waals surface area contributed by atoms with E-state index in [0.29, 0.717) is 0 Å². The molecular weight excluding hydrogens is 116 g/mol. The summed E-state index contributed by atoms with van der Waals surface area (Å²) in [6, 6.07) is 0. The van der Waals surface area contributed by atoms with E-state index in [0.717, 1.165) is 17.9 Å². The van der Waals surface area contributed by atoms with E-state index in [1.165, 1.54) is 0 Å². The minimum absolute atomic E-state index is 0.0695. The molecule has 0 amide bonds. The first-order valence-corrected chi connectivity index (χ1v) is 3.27. The minimum Gasteiger partial charge on any atom is -0.456 e. The Morgan fingerprint density at radius 2 is 2.11 bits per heavy atom. The van der Waals surface area contributed by atoms with Crippen LogP contribution in [0.1, 0.15) is 27.2 Å². The summed E-state index contributed by atoms with van der Waals surface area (Å²) in [7, 11) is 0. The zero-order chi connectivity index (χ0) is 6.85. The van der Waals surface area contributed by atoms with E-state index < -0.39 is 0 Å². The van der Waals surface area contributed by atoms with Gasteiger partial charge in [0.15, 0.2) is 0 Å². The SMILES string of the molecule is CCC1=C(C)OC(C)O1. The van der Waals surface area contributed by atoms with Crippen molar-refractivity contribution in [3.05, 3.63) is 11.5 Å². The maximum Gasteiger partial charge on any atom is 0.237 e. The Labute approximate surface area is 55.5 Å². The van der Waals surface area contributed by atoms with E-state index in [-0.39, 0.29) is 6.29 Å². The Hall–Kier alpha value is -0.660. The van der Waals surface area contributed by atoms with Gasteiger partial charge in [-0.05, 0) is 6.92 Å². The molecule has 2 nitrogen and oxygen atoms in total. The van der Waals surface area contributed by atoms with E-state index in [2.05, 4.69) is 6.92 Å².